The number of rotatable bonds is 10. The van der Waals surface area contributed by atoms with Crippen LogP contribution in [0.4, 0.5) is 5.69 Å². The summed E-state index contributed by atoms with van der Waals surface area (Å²) in [6.45, 7) is 6.43. The second-order valence-corrected chi connectivity index (χ2v) is 9.06. The maximum absolute atomic E-state index is 13.2. The molecule has 0 radical (unpaired) electrons. The Bertz CT molecular complexity index is 1440. The number of ether oxygens (including phenoxy) is 2. The Kier molecular flexibility index (Phi) is 8.23. The number of aromatic nitrogens is 2. The molecule has 0 saturated carbocycles. The molecule has 0 unspecified atom stereocenters. The van der Waals surface area contributed by atoms with Gasteiger partial charge < -0.3 is 9.47 Å². The van der Waals surface area contributed by atoms with Crippen molar-refractivity contribution in [2.24, 2.45) is 12.0 Å². The highest BCUT2D eigenvalue weighted by molar-refractivity contribution is 9.10. The topological polar surface area (TPSA) is 57.8 Å². The van der Waals surface area contributed by atoms with E-state index in [9.17, 15) is 4.79 Å². The van der Waals surface area contributed by atoms with Crippen LogP contribution in [-0.2, 0) is 13.5 Å². The zero-order valence-electron chi connectivity index (χ0n) is 20.4. The van der Waals surface area contributed by atoms with Gasteiger partial charge in [0.1, 0.15) is 24.7 Å². The van der Waals surface area contributed by atoms with Crippen molar-refractivity contribution in [2.45, 2.75) is 13.3 Å². The number of halogens is 1. The van der Waals surface area contributed by atoms with E-state index in [0.29, 0.717) is 24.7 Å². The Balaban J connectivity index is 1.51. The van der Waals surface area contributed by atoms with Gasteiger partial charge in [-0.15, -0.1) is 6.58 Å². The number of allylic oxidation sites excluding steroid dienone is 1. The van der Waals surface area contributed by atoms with Crippen LogP contribution in [0.2, 0.25) is 0 Å². The van der Waals surface area contributed by atoms with E-state index >= 15 is 0 Å². The number of hydrogen-bond donors (Lipinski definition) is 0. The molecule has 0 saturated heterocycles. The maximum Gasteiger partial charge on any atom is 0.297 e. The van der Waals surface area contributed by atoms with Gasteiger partial charge in [-0.3, -0.25) is 9.48 Å². The van der Waals surface area contributed by atoms with Gasteiger partial charge in [0, 0.05) is 23.3 Å². The van der Waals surface area contributed by atoms with Gasteiger partial charge >= 0.3 is 0 Å². The van der Waals surface area contributed by atoms with Crippen LogP contribution in [-0.4, -0.2) is 28.8 Å². The van der Waals surface area contributed by atoms with Crippen molar-refractivity contribution in [3.05, 3.63) is 117 Å². The van der Waals surface area contributed by atoms with E-state index < -0.39 is 0 Å². The molecule has 0 atom stereocenters. The van der Waals surface area contributed by atoms with Crippen LogP contribution in [0.1, 0.15) is 16.8 Å². The zero-order valence-corrected chi connectivity index (χ0v) is 21.9. The number of nitrogens with zero attached hydrogens (tertiary/aromatic N) is 3. The van der Waals surface area contributed by atoms with Crippen molar-refractivity contribution in [3.8, 4) is 17.2 Å². The molecule has 184 valence electrons. The number of hydrogen-bond acceptors (Lipinski definition) is 4. The fraction of sp³-hybridized carbons (Fsp3) is 0.172. The molecule has 0 aliphatic heterocycles. The van der Waals surface area contributed by atoms with Crippen LogP contribution in [0.5, 0.6) is 11.5 Å². The minimum atomic E-state index is -0.179. The molecule has 0 amide bonds. The SMILES string of the molecule is C=CCc1ccccc1OCCOc1ccc(Br)cc1C=Nc1c(C)n(C)n(-c2ccccc2)c1=O. The van der Waals surface area contributed by atoms with E-state index in [4.69, 9.17) is 9.47 Å². The fourth-order valence-corrected chi connectivity index (χ4v) is 4.24. The summed E-state index contributed by atoms with van der Waals surface area (Å²) in [5, 5.41) is 0. The van der Waals surface area contributed by atoms with Gasteiger partial charge in [-0.05, 0) is 55.3 Å². The van der Waals surface area contributed by atoms with Crippen molar-refractivity contribution in [3.63, 3.8) is 0 Å². The Morgan fingerprint density at radius 3 is 2.42 bits per heavy atom. The Labute approximate surface area is 219 Å². The van der Waals surface area contributed by atoms with Gasteiger partial charge in [0.25, 0.3) is 5.56 Å². The summed E-state index contributed by atoms with van der Waals surface area (Å²) in [5.74, 6) is 1.48. The molecule has 1 heterocycles. The van der Waals surface area contributed by atoms with Crippen LogP contribution in [0, 0.1) is 6.92 Å². The molecule has 0 spiro atoms. The van der Waals surface area contributed by atoms with Gasteiger partial charge in [-0.25, -0.2) is 9.67 Å². The quantitative estimate of drug-likeness (QED) is 0.136. The normalized spacial score (nSPS) is 11.1. The summed E-state index contributed by atoms with van der Waals surface area (Å²) >= 11 is 3.51. The molecular weight excluding hydrogens is 518 g/mol. The molecule has 0 bridgehead atoms. The molecule has 0 aliphatic rings. The average molecular weight is 546 g/mol. The third-order valence-corrected chi connectivity index (χ3v) is 6.26. The first-order valence-corrected chi connectivity index (χ1v) is 12.4. The van der Waals surface area contributed by atoms with E-state index in [1.165, 1.54) is 0 Å². The van der Waals surface area contributed by atoms with Crippen molar-refractivity contribution in [1.82, 2.24) is 9.36 Å². The smallest absolute Gasteiger partial charge is 0.297 e. The largest absolute Gasteiger partial charge is 0.490 e. The Hall–Kier alpha value is -3.84. The lowest BCUT2D eigenvalue weighted by molar-refractivity contribution is 0.216. The molecule has 0 fully saturated rings. The van der Waals surface area contributed by atoms with Crippen molar-refractivity contribution >= 4 is 27.8 Å². The summed E-state index contributed by atoms with van der Waals surface area (Å²) in [4.78, 5) is 17.7. The molecule has 1 aromatic heterocycles. The van der Waals surface area contributed by atoms with Crippen LogP contribution < -0.4 is 15.0 Å². The van der Waals surface area contributed by atoms with Gasteiger partial charge in [-0.2, -0.15) is 0 Å². The molecular formula is C29H28BrN3O3. The van der Waals surface area contributed by atoms with E-state index in [2.05, 4.69) is 27.5 Å². The monoisotopic (exact) mass is 545 g/mol. The Morgan fingerprint density at radius 1 is 0.972 bits per heavy atom. The summed E-state index contributed by atoms with van der Waals surface area (Å²) < 4.78 is 16.3. The lowest BCUT2D eigenvalue weighted by Crippen LogP contribution is -2.19. The molecule has 7 heteroatoms. The van der Waals surface area contributed by atoms with Gasteiger partial charge in [0.2, 0.25) is 0 Å². The molecule has 0 aliphatic carbocycles. The van der Waals surface area contributed by atoms with Gasteiger partial charge in [-0.1, -0.05) is 58.4 Å². The third-order valence-electron chi connectivity index (χ3n) is 5.76. The van der Waals surface area contributed by atoms with E-state index in [1.54, 1.807) is 10.9 Å². The number of para-hydroxylation sites is 2. The van der Waals surface area contributed by atoms with Crippen LogP contribution >= 0.6 is 15.9 Å². The maximum atomic E-state index is 13.2. The highest BCUT2D eigenvalue weighted by Crippen LogP contribution is 2.24. The molecule has 3 aromatic carbocycles. The van der Waals surface area contributed by atoms with E-state index in [0.717, 1.165) is 39.2 Å². The number of aliphatic imine (C=N–C) groups is 1. The first-order chi connectivity index (χ1) is 17.5. The van der Waals surface area contributed by atoms with Crippen molar-refractivity contribution in [2.75, 3.05) is 13.2 Å². The van der Waals surface area contributed by atoms with Crippen molar-refractivity contribution in [1.29, 1.82) is 0 Å². The summed E-state index contributed by atoms with van der Waals surface area (Å²) in [6.07, 6.45) is 4.27. The predicted octanol–water partition coefficient (Wildman–Crippen LogP) is 6.18. The second kappa shape index (κ2) is 11.7. The molecule has 0 N–H and O–H groups in total. The summed E-state index contributed by atoms with van der Waals surface area (Å²) in [5.41, 5.74) is 3.60. The molecule has 36 heavy (non-hydrogen) atoms. The Morgan fingerprint density at radius 2 is 1.67 bits per heavy atom. The zero-order chi connectivity index (χ0) is 25.5. The van der Waals surface area contributed by atoms with Gasteiger partial charge in [0.05, 0.1) is 11.4 Å². The first-order valence-electron chi connectivity index (χ1n) is 11.6. The highest BCUT2D eigenvalue weighted by atomic mass is 79.9. The average Bonchev–Trinajstić information content (AvgIpc) is 3.10. The minimum absolute atomic E-state index is 0.179. The van der Waals surface area contributed by atoms with Crippen LogP contribution in [0.3, 0.4) is 0 Å². The number of benzene rings is 3. The summed E-state index contributed by atoms with van der Waals surface area (Å²) in [6, 6.07) is 23.1. The van der Waals surface area contributed by atoms with Crippen LogP contribution in [0.15, 0.2) is 99.7 Å². The third kappa shape index (κ3) is 5.69. The molecule has 4 rings (SSSR count). The highest BCUT2D eigenvalue weighted by Gasteiger charge is 2.15. The first kappa shape index (κ1) is 25.3. The van der Waals surface area contributed by atoms with Crippen molar-refractivity contribution < 1.29 is 9.47 Å². The standard InChI is InChI=1S/C29H28BrN3O3/c1-4-10-22-11-8-9-14-26(22)35-17-18-36-27-16-15-24(30)19-23(27)20-31-28-21(2)32(3)33(29(28)34)25-12-6-5-7-13-25/h4-9,11-16,19-20H,1,10,17-18H2,2-3H3. The lowest BCUT2D eigenvalue weighted by atomic mass is 10.1. The summed E-state index contributed by atoms with van der Waals surface area (Å²) in [7, 11) is 1.85. The van der Waals surface area contributed by atoms with E-state index in [1.807, 2.05) is 97.5 Å². The van der Waals surface area contributed by atoms with Gasteiger partial charge in [0.15, 0.2) is 5.69 Å². The fourth-order valence-electron chi connectivity index (χ4n) is 3.86. The minimum Gasteiger partial charge on any atom is -0.490 e. The predicted molar refractivity (Wildman–Crippen MR) is 148 cm³/mol. The van der Waals surface area contributed by atoms with Crippen LogP contribution in [0.25, 0.3) is 5.69 Å². The lowest BCUT2D eigenvalue weighted by Gasteiger charge is -2.12. The van der Waals surface area contributed by atoms with E-state index in [-0.39, 0.29) is 5.56 Å². The second-order valence-electron chi connectivity index (χ2n) is 8.15. The molecule has 4 aromatic rings. The molecule has 6 nitrogen and oxygen atoms in total.